The summed E-state index contributed by atoms with van der Waals surface area (Å²) in [6.07, 6.45) is -0.165. The van der Waals surface area contributed by atoms with Gasteiger partial charge in [-0.15, -0.1) is 0 Å². The fourth-order valence-corrected chi connectivity index (χ4v) is 2.60. The number of fused-ring (bicyclic) bond motifs is 1. The molecule has 2 aromatic rings. The summed E-state index contributed by atoms with van der Waals surface area (Å²) in [7, 11) is 0. The van der Waals surface area contributed by atoms with E-state index in [1.165, 1.54) is 0 Å². The van der Waals surface area contributed by atoms with Crippen molar-refractivity contribution in [2.75, 3.05) is 0 Å². The highest BCUT2D eigenvalue weighted by Gasteiger charge is 2.34. The number of carbonyl (C=O) groups is 2. The predicted molar refractivity (Wildman–Crippen MR) is 88.9 cm³/mol. The van der Waals surface area contributed by atoms with Gasteiger partial charge in [0.25, 0.3) is 5.91 Å². The molecular weight excluding hydrogens is 318 g/mol. The Bertz CT molecular complexity index is 765. The normalized spacial score (nSPS) is 14.0. The van der Waals surface area contributed by atoms with Gasteiger partial charge in [-0.3, -0.25) is 9.59 Å². The molecule has 2 N–H and O–H groups in total. The van der Waals surface area contributed by atoms with Gasteiger partial charge in [0.05, 0.1) is 12.0 Å². The Labute approximate surface area is 139 Å². The van der Waals surface area contributed by atoms with E-state index in [4.69, 9.17) is 21.1 Å². The van der Waals surface area contributed by atoms with Crippen molar-refractivity contribution in [3.63, 3.8) is 0 Å². The van der Waals surface area contributed by atoms with E-state index >= 15 is 0 Å². The number of carboxylic acids is 1. The molecule has 1 unspecified atom stereocenters. The maximum Gasteiger partial charge on any atom is 0.305 e. The Morgan fingerprint density at radius 1 is 1.39 bits per heavy atom. The average Bonchev–Trinajstić information content (AvgIpc) is 2.75. The molecule has 0 aliphatic rings. The van der Waals surface area contributed by atoms with Crippen LogP contribution >= 0.6 is 11.6 Å². The number of hydrogen-bond donors (Lipinski definition) is 2. The van der Waals surface area contributed by atoms with Crippen LogP contribution in [-0.4, -0.2) is 22.5 Å². The summed E-state index contributed by atoms with van der Waals surface area (Å²) >= 11 is 5.98. The van der Waals surface area contributed by atoms with Crippen LogP contribution in [0.3, 0.4) is 0 Å². The highest BCUT2D eigenvalue weighted by Crippen LogP contribution is 2.29. The van der Waals surface area contributed by atoms with Gasteiger partial charge in [-0.05, 0) is 38.0 Å². The van der Waals surface area contributed by atoms with Crippen LogP contribution < -0.4 is 5.32 Å². The second-order valence-electron chi connectivity index (χ2n) is 6.29. The fraction of sp³-hybridized carbons (Fsp3) is 0.412. The lowest BCUT2D eigenvalue weighted by Gasteiger charge is -2.33. The van der Waals surface area contributed by atoms with Crippen molar-refractivity contribution in [3.05, 3.63) is 34.5 Å². The molecule has 0 bridgehead atoms. The molecule has 0 aliphatic carbocycles. The molecule has 1 amide bonds. The highest BCUT2D eigenvalue weighted by atomic mass is 35.5. The number of benzene rings is 1. The van der Waals surface area contributed by atoms with Gasteiger partial charge in [0.15, 0.2) is 5.76 Å². The third-order valence-electron chi connectivity index (χ3n) is 4.30. The van der Waals surface area contributed by atoms with Crippen LogP contribution in [0.5, 0.6) is 0 Å². The van der Waals surface area contributed by atoms with E-state index in [2.05, 4.69) is 5.32 Å². The first-order chi connectivity index (χ1) is 10.6. The van der Waals surface area contributed by atoms with Crippen LogP contribution in [-0.2, 0) is 4.79 Å². The first-order valence-electron chi connectivity index (χ1n) is 7.37. The smallest absolute Gasteiger partial charge is 0.305 e. The number of halogens is 1. The standard InChI is InChI=1S/C17H20ClNO4/c1-9(2)17(4,8-14(20)21)19-16(22)15-10(3)12-7-11(18)5-6-13(12)23-15/h5-7,9H,8H2,1-4H3,(H,19,22)(H,20,21). The number of aliphatic carboxylic acids is 1. The zero-order valence-electron chi connectivity index (χ0n) is 13.6. The van der Waals surface area contributed by atoms with Crippen molar-refractivity contribution in [2.24, 2.45) is 5.92 Å². The lowest BCUT2D eigenvalue weighted by atomic mass is 9.85. The second-order valence-corrected chi connectivity index (χ2v) is 6.73. The SMILES string of the molecule is Cc1c(C(=O)NC(C)(CC(=O)O)C(C)C)oc2ccc(Cl)cc12. The molecule has 0 aliphatic heterocycles. The molecule has 1 aromatic carbocycles. The average molecular weight is 338 g/mol. The molecule has 2 rings (SSSR count). The van der Waals surface area contributed by atoms with Crippen molar-refractivity contribution in [2.45, 2.75) is 39.7 Å². The van der Waals surface area contributed by atoms with Crippen LogP contribution in [0.4, 0.5) is 0 Å². The Morgan fingerprint density at radius 2 is 2.04 bits per heavy atom. The van der Waals surface area contributed by atoms with Gasteiger partial charge < -0.3 is 14.8 Å². The summed E-state index contributed by atoms with van der Waals surface area (Å²) in [6, 6.07) is 5.14. The van der Waals surface area contributed by atoms with Gasteiger partial charge in [-0.25, -0.2) is 0 Å². The Kier molecular flexibility index (Phi) is 4.71. The van der Waals surface area contributed by atoms with Gasteiger partial charge in [0.2, 0.25) is 0 Å². The molecule has 0 saturated carbocycles. The lowest BCUT2D eigenvalue weighted by molar-refractivity contribution is -0.138. The van der Waals surface area contributed by atoms with E-state index < -0.39 is 17.4 Å². The van der Waals surface area contributed by atoms with Crippen LogP contribution in [0.2, 0.25) is 5.02 Å². The molecule has 124 valence electrons. The summed E-state index contributed by atoms with van der Waals surface area (Å²) in [5.41, 5.74) is 0.384. The lowest BCUT2D eigenvalue weighted by Crippen LogP contribution is -2.51. The van der Waals surface area contributed by atoms with E-state index in [0.717, 1.165) is 5.39 Å². The first-order valence-corrected chi connectivity index (χ1v) is 7.75. The van der Waals surface area contributed by atoms with Gasteiger partial charge in [0, 0.05) is 16.0 Å². The van der Waals surface area contributed by atoms with E-state index in [1.54, 1.807) is 32.0 Å². The Morgan fingerprint density at radius 3 is 2.61 bits per heavy atom. The van der Waals surface area contributed by atoms with Crippen LogP contribution in [0.25, 0.3) is 11.0 Å². The predicted octanol–water partition coefficient (Wildman–Crippen LogP) is 4.01. The minimum atomic E-state index is -0.963. The monoisotopic (exact) mass is 337 g/mol. The molecule has 0 saturated heterocycles. The van der Waals surface area contributed by atoms with Gasteiger partial charge >= 0.3 is 5.97 Å². The highest BCUT2D eigenvalue weighted by molar-refractivity contribution is 6.31. The zero-order valence-corrected chi connectivity index (χ0v) is 14.3. The molecule has 1 aromatic heterocycles. The third kappa shape index (κ3) is 3.50. The first kappa shape index (κ1) is 17.3. The Balaban J connectivity index is 2.36. The van der Waals surface area contributed by atoms with Crippen molar-refractivity contribution < 1.29 is 19.1 Å². The molecule has 1 heterocycles. The summed E-state index contributed by atoms with van der Waals surface area (Å²) < 4.78 is 5.63. The van der Waals surface area contributed by atoms with E-state index in [9.17, 15) is 9.59 Å². The minimum absolute atomic E-state index is 0.0540. The molecular formula is C17H20ClNO4. The van der Waals surface area contributed by atoms with E-state index in [0.29, 0.717) is 16.2 Å². The van der Waals surface area contributed by atoms with Crippen molar-refractivity contribution >= 4 is 34.4 Å². The molecule has 1 atom stereocenters. The maximum atomic E-state index is 12.6. The van der Waals surface area contributed by atoms with Crippen LogP contribution in [0.15, 0.2) is 22.6 Å². The molecule has 23 heavy (non-hydrogen) atoms. The molecule has 5 nitrogen and oxygen atoms in total. The second kappa shape index (κ2) is 6.24. The van der Waals surface area contributed by atoms with Crippen LogP contribution in [0, 0.1) is 12.8 Å². The van der Waals surface area contributed by atoms with Gasteiger partial charge in [0.1, 0.15) is 5.58 Å². The number of aryl methyl sites for hydroxylation is 1. The summed E-state index contributed by atoms with van der Waals surface area (Å²) in [6.45, 7) is 7.24. The quantitative estimate of drug-likeness (QED) is 0.863. The minimum Gasteiger partial charge on any atom is -0.481 e. The number of carboxylic acid groups (broad SMARTS) is 1. The largest absolute Gasteiger partial charge is 0.481 e. The Hall–Kier alpha value is -2.01. The zero-order chi connectivity index (χ0) is 17.4. The van der Waals surface area contributed by atoms with Crippen molar-refractivity contribution in [3.8, 4) is 0 Å². The summed E-state index contributed by atoms with van der Waals surface area (Å²) in [4.78, 5) is 23.7. The third-order valence-corrected chi connectivity index (χ3v) is 4.53. The number of rotatable bonds is 5. The van der Waals surface area contributed by atoms with Crippen LogP contribution in [0.1, 0.15) is 43.3 Å². The number of hydrogen-bond acceptors (Lipinski definition) is 3. The maximum absolute atomic E-state index is 12.6. The fourth-order valence-electron chi connectivity index (χ4n) is 2.43. The number of nitrogens with one attached hydrogen (secondary N) is 1. The summed E-state index contributed by atoms with van der Waals surface area (Å²) in [5.74, 6) is -1.26. The number of carbonyl (C=O) groups excluding carboxylic acids is 1. The number of amides is 1. The molecule has 0 spiro atoms. The number of furan rings is 1. The van der Waals surface area contributed by atoms with Crippen molar-refractivity contribution in [1.82, 2.24) is 5.32 Å². The molecule has 0 radical (unpaired) electrons. The van der Waals surface area contributed by atoms with E-state index in [1.807, 2.05) is 13.8 Å². The molecule has 6 heteroatoms. The summed E-state index contributed by atoms with van der Waals surface area (Å²) in [5, 5.41) is 13.2. The van der Waals surface area contributed by atoms with Gasteiger partial charge in [-0.2, -0.15) is 0 Å². The van der Waals surface area contributed by atoms with Gasteiger partial charge in [-0.1, -0.05) is 25.4 Å². The van der Waals surface area contributed by atoms with E-state index in [-0.39, 0.29) is 18.1 Å². The van der Waals surface area contributed by atoms with Crippen molar-refractivity contribution in [1.29, 1.82) is 0 Å². The molecule has 0 fully saturated rings. The topological polar surface area (TPSA) is 79.5 Å².